The molecule has 0 amide bonds. The average molecular weight is 505 g/mol. The van der Waals surface area contributed by atoms with Crippen LogP contribution in [0.5, 0.6) is 11.5 Å². The van der Waals surface area contributed by atoms with E-state index in [1.165, 1.54) is 43.4 Å². The van der Waals surface area contributed by atoms with E-state index in [1.54, 1.807) is 24.3 Å². The minimum Gasteiger partial charge on any atom is -0.506 e. The molecule has 3 aromatic rings. The van der Waals surface area contributed by atoms with Crippen molar-refractivity contribution in [2.24, 2.45) is 0 Å². The number of rotatable bonds is 11. The Morgan fingerprint density at radius 2 is 1.80 bits per heavy atom. The number of aliphatic hydroxyl groups excluding tert-OH is 1. The second kappa shape index (κ2) is 11.8. The van der Waals surface area contributed by atoms with E-state index in [9.17, 15) is 28.2 Å². The topological polar surface area (TPSA) is 140 Å². The molecule has 2 unspecified atom stereocenters. The highest BCUT2D eigenvalue weighted by Gasteiger charge is 2.15. The summed E-state index contributed by atoms with van der Waals surface area (Å²) >= 11 is -2.31. The minimum absolute atomic E-state index is 0.120. The van der Waals surface area contributed by atoms with Gasteiger partial charge in [0.15, 0.2) is 0 Å². The van der Waals surface area contributed by atoms with Crippen LogP contribution < -0.4 is 14.4 Å². The minimum atomic E-state index is -2.31. The van der Waals surface area contributed by atoms with Gasteiger partial charge in [-0.2, -0.15) is 0 Å². The summed E-state index contributed by atoms with van der Waals surface area (Å²) in [6, 6.07) is 15.2. The molecule has 0 spiro atoms. The van der Waals surface area contributed by atoms with E-state index in [2.05, 4.69) is 5.32 Å². The molecule has 2 atom stereocenters. The van der Waals surface area contributed by atoms with Gasteiger partial charge in [-0.05, 0) is 53.1 Å². The van der Waals surface area contributed by atoms with Gasteiger partial charge in [-0.25, -0.2) is 13.4 Å². The number of benzene rings is 3. The summed E-state index contributed by atoms with van der Waals surface area (Å²) in [5.74, 6) is -1.72. The van der Waals surface area contributed by atoms with Crippen LogP contribution in [0.1, 0.15) is 22.0 Å². The summed E-state index contributed by atoms with van der Waals surface area (Å²) < 4.78 is 41.0. The van der Waals surface area contributed by atoms with Gasteiger partial charge in [0.25, 0.3) is 11.3 Å². The van der Waals surface area contributed by atoms with Crippen molar-refractivity contribution in [2.75, 3.05) is 31.0 Å². The number of carboxylic acid groups (broad SMARTS) is 1. The third kappa shape index (κ3) is 6.76. The molecule has 9 nitrogen and oxygen atoms in total. The number of aromatic carboxylic acids is 1. The van der Waals surface area contributed by atoms with Crippen molar-refractivity contribution < 1.29 is 38.0 Å². The molecule has 186 valence electrons. The largest absolute Gasteiger partial charge is 0.506 e. The molecule has 35 heavy (non-hydrogen) atoms. The molecule has 0 heterocycles. The lowest BCUT2D eigenvalue weighted by molar-refractivity contribution is 0.0692. The van der Waals surface area contributed by atoms with Crippen LogP contribution in [-0.4, -0.2) is 56.8 Å². The van der Waals surface area contributed by atoms with Gasteiger partial charge in [0.05, 0.1) is 17.4 Å². The molecule has 0 fully saturated rings. The van der Waals surface area contributed by atoms with E-state index in [-0.39, 0.29) is 23.5 Å². The van der Waals surface area contributed by atoms with Crippen LogP contribution >= 0.6 is 0 Å². The Morgan fingerprint density at radius 3 is 2.43 bits per heavy atom. The molecule has 3 rings (SSSR count). The fourth-order valence-corrected chi connectivity index (χ4v) is 3.61. The molecule has 5 N–H and O–H groups in total. The van der Waals surface area contributed by atoms with Crippen LogP contribution in [0.4, 0.5) is 10.1 Å². The fraction of sp³-hybridized carbons (Fsp3) is 0.208. The summed E-state index contributed by atoms with van der Waals surface area (Å²) in [6.45, 7) is 0.920. The molecule has 0 radical (unpaired) electrons. The van der Waals surface area contributed by atoms with Crippen molar-refractivity contribution in [1.82, 2.24) is 5.32 Å². The Balaban J connectivity index is 1.48. The third-order valence-corrected chi connectivity index (χ3v) is 5.90. The number of nitrogens with one attached hydrogen (secondary N) is 1. The predicted octanol–water partition coefficient (Wildman–Crippen LogP) is 3.17. The third-order valence-electron chi connectivity index (χ3n) is 5.23. The Morgan fingerprint density at radius 1 is 1.11 bits per heavy atom. The molecule has 0 aliphatic heterocycles. The average Bonchev–Trinajstić information content (AvgIpc) is 2.83. The number of hydrogen-bond acceptors (Lipinski definition) is 6. The number of hydrogen-bond donors (Lipinski definition) is 5. The summed E-state index contributed by atoms with van der Waals surface area (Å²) in [5, 5.41) is 32.2. The smallest absolute Gasteiger partial charge is 0.338 e. The van der Waals surface area contributed by atoms with Crippen molar-refractivity contribution in [3.63, 3.8) is 0 Å². The first-order valence-electron chi connectivity index (χ1n) is 10.5. The number of halogens is 1. The lowest BCUT2D eigenvalue weighted by Gasteiger charge is -2.18. The molecule has 0 aliphatic rings. The van der Waals surface area contributed by atoms with Crippen LogP contribution in [0, 0.1) is 5.82 Å². The van der Waals surface area contributed by atoms with E-state index in [0.717, 1.165) is 4.31 Å². The van der Waals surface area contributed by atoms with Gasteiger partial charge < -0.3 is 25.4 Å². The standard InChI is InChI=1S/C24H25FN2O7S/c1-27(35(32)33)21-13-17(5-9-22(21)28)23(29)14-26-10-11-34-18-6-2-15(3-7-18)16-4-8-19(24(30)31)20(25)12-16/h2-9,12-13,23,26,28-29H,10-11,14H2,1H3,(H,30,31)(H,32,33). The monoisotopic (exact) mass is 504 g/mol. The van der Waals surface area contributed by atoms with Gasteiger partial charge in [0.1, 0.15) is 23.9 Å². The zero-order valence-electron chi connectivity index (χ0n) is 18.7. The molecule has 0 saturated heterocycles. The first-order valence-corrected chi connectivity index (χ1v) is 11.6. The summed E-state index contributed by atoms with van der Waals surface area (Å²) in [5.41, 5.74) is 1.45. The van der Waals surface area contributed by atoms with Crippen molar-refractivity contribution >= 4 is 22.9 Å². The lowest BCUT2D eigenvalue weighted by atomic mass is 10.0. The number of ether oxygens (including phenoxy) is 1. The molecular weight excluding hydrogens is 479 g/mol. The maximum atomic E-state index is 13.9. The molecule has 0 aromatic heterocycles. The Kier molecular flexibility index (Phi) is 8.77. The molecular formula is C24H25FN2O7S. The number of nitrogens with zero attached hydrogens (tertiary/aromatic N) is 1. The van der Waals surface area contributed by atoms with E-state index in [4.69, 9.17) is 9.84 Å². The van der Waals surface area contributed by atoms with Crippen molar-refractivity contribution in [3.8, 4) is 22.6 Å². The van der Waals surface area contributed by atoms with Gasteiger partial charge in [-0.3, -0.25) is 8.86 Å². The lowest BCUT2D eigenvalue weighted by Crippen LogP contribution is -2.26. The fourth-order valence-electron chi connectivity index (χ4n) is 3.29. The Bertz CT molecular complexity index is 1210. The van der Waals surface area contributed by atoms with Crippen molar-refractivity contribution in [2.45, 2.75) is 6.10 Å². The first kappa shape index (κ1) is 26.1. The number of aliphatic hydroxyl groups is 1. The van der Waals surface area contributed by atoms with Gasteiger partial charge in [0, 0.05) is 20.1 Å². The zero-order chi connectivity index (χ0) is 25.5. The number of phenolic OH excluding ortho intramolecular Hbond substituents is 1. The highest BCUT2D eigenvalue weighted by atomic mass is 32.2. The Labute approximate surface area is 203 Å². The highest BCUT2D eigenvalue weighted by Crippen LogP contribution is 2.30. The van der Waals surface area contributed by atoms with Crippen LogP contribution in [0.2, 0.25) is 0 Å². The predicted molar refractivity (Wildman–Crippen MR) is 129 cm³/mol. The molecule has 11 heteroatoms. The van der Waals surface area contributed by atoms with Crippen LogP contribution in [0.15, 0.2) is 60.7 Å². The van der Waals surface area contributed by atoms with Gasteiger partial charge in [-0.15, -0.1) is 0 Å². The SMILES string of the molecule is CN(c1cc(C(O)CNCCOc2ccc(-c3ccc(C(=O)O)c(F)c3)cc2)ccc1O)S(=O)O. The van der Waals surface area contributed by atoms with Crippen molar-refractivity contribution in [1.29, 1.82) is 0 Å². The second-order valence-electron chi connectivity index (χ2n) is 7.57. The van der Waals surface area contributed by atoms with Crippen LogP contribution in [0.25, 0.3) is 11.1 Å². The maximum absolute atomic E-state index is 13.9. The normalized spacial score (nSPS) is 12.7. The van der Waals surface area contributed by atoms with Crippen molar-refractivity contribution in [3.05, 3.63) is 77.6 Å². The van der Waals surface area contributed by atoms with E-state index < -0.39 is 29.2 Å². The summed E-state index contributed by atoms with van der Waals surface area (Å²) in [7, 11) is 1.34. The van der Waals surface area contributed by atoms with Crippen LogP contribution in [-0.2, 0) is 11.3 Å². The molecule has 0 aliphatic carbocycles. The molecule has 3 aromatic carbocycles. The van der Waals surface area contributed by atoms with Gasteiger partial charge >= 0.3 is 5.97 Å². The van der Waals surface area contributed by atoms with Gasteiger partial charge in [0.2, 0.25) is 0 Å². The first-order chi connectivity index (χ1) is 16.7. The summed E-state index contributed by atoms with van der Waals surface area (Å²) in [6.07, 6.45) is -0.915. The Hall–Kier alpha value is -3.51. The number of phenols is 1. The van der Waals surface area contributed by atoms with Gasteiger partial charge in [-0.1, -0.05) is 24.3 Å². The second-order valence-corrected chi connectivity index (χ2v) is 8.58. The number of anilines is 1. The number of aromatic hydroxyl groups is 1. The van der Waals surface area contributed by atoms with E-state index in [0.29, 0.717) is 35.6 Å². The van der Waals surface area contributed by atoms with E-state index in [1.807, 2.05) is 0 Å². The summed E-state index contributed by atoms with van der Waals surface area (Å²) in [4.78, 5) is 10.9. The molecule has 0 bridgehead atoms. The van der Waals surface area contributed by atoms with E-state index >= 15 is 0 Å². The number of carboxylic acids is 1. The van der Waals surface area contributed by atoms with Crippen LogP contribution in [0.3, 0.4) is 0 Å². The highest BCUT2D eigenvalue weighted by molar-refractivity contribution is 7.80. The number of carbonyl (C=O) groups is 1. The zero-order valence-corrected chi connectivity index (χ0v) is 19.5. The quantitative estimate of drug-likeness (QED) is 0.198. The maximum Gasteiger partial charge on any atom is 0.338 e. The molecule has 0 saturated carbocycles.